The largest absolute Gasteiger partial charge is 0.407 e. The number of carbonyl (C=O) groups excluding carboxylic acids is 2. The van der Waals surface area contributed by atoms with Crippen molar-refractivity contribution in [3.63, 3.8) is 0 Å². The molecule has 20 heavy (non-hydrogen) atoms. The van der Waals surface area contributed by atoms with Crippen LogP contribution in [0.25, 0.3) is 0 Å². The van der Waals surface area contributed by atoms with Gasteiger partial charge < -0.3 is 4.74 Å². The minimum absolute atomic E-state index is 0.0925. The van der Waals surface area contributed by atoms with Gasteiger partial charge >= 0.3 is 5.97 Å². The van der Waals surface area contributed by atoms with Gasteiger partial charge in [0, 0.05) is 31.5 Å². The molecule has 1 aromatic heterocycles. The first-order valence-electron chi connectivity index (χ1n) is 6.93. The van der Waals surface area contributed by atoms with Crippen molar-refractivity contribution in [2.45, 2.75) is 32.6 Å². The first-order valence-corrected chi connectivity index (χ1v) is 6.93. The van der Waals surface area contributed by atoms with E-state index < -0.39 is 0 Å². The Morgan fingerprint density at radius 3 is 2.90 bits per heavy atom. The first-order chi connectivity index (χ1) is 9.69. The average molecular weight is 273 g/mol. The van der Waals surface area contributed by atoms with E-state index in [4.69, 9.17) is 4.74 Å². The van der Waals surface area contributed by atoms with Crippen LogP contribution in [0.3, 0.4) is 0 Å². The topological polar surface area (TPSA) is 56.3 Å². The summed E-state index contributed by atoms with van der Waals surface area (Å²) >= 11 is 0. The Labute approximate surface area is 118 Å². The minimum atomic E-state index is -0.311. The molecule has 1 aromatic rings. The second kappa shape index (κ2) is 6.98. The molecule has 2 unspecified atom stereocenters. The van der Waals surface area contributed by atoms with Crippen molar-refractivity contribution in [1.29, 1.82) is 0 Å². The van der Waals surface area contributed by atoms with Crippen molar-refractivity contribution in [2.75, 3.05) is 0 Å². The number of esters is 1. The first kappa shape index (κ1) is 14.4. The van der Waals surface area contributed by atoms with Crippen LogP contribution in [0.2, 0.25) is 0 Å². The molecule has 0 aromatic carbocycles. The number of Topliss-reactive ketones (excluding diaryl/α,β-unsaturated/α-hetero) is 1. The maximum atomic E-state index is 11.9. The van der Waals surface area contributed by atoms with E-state index in [9.17, 15) is 9.59 Å². The van der Waals surface area contributed by atoms with Gasteiger partial charge in [0.2, 0.25) is 5.88 Å². The van der Waals surface area contributed by atoms with Crippen LogP contribution >= 0.6 is 0 Å². The third-order valence-electron chi connectivity index (χ3n) is 3.61. The summed E-state index contributed by atoms with van der Waals surface area (Å²) in [5, 5.41) is 0. The molecule has 0 bridgehead atoms. The van der Waals surface area contributed by atoms with Crippen molar-refractivity contribution in [3.05, 3.63) is 36.5 Å². The summed E-state index contributed by atoms with van der Waals surface area (Å²) in [5.41, 5.74) is 0. The van der Waals surface area contributed by atoms with Gasteiger partial charge in [-0.3, -0.25) is 9.59 Å². The van der Waals surface area contributed by atoms with Gasteiger partial charge in [0.15, 0.2) is 0 Å². The highest BCUT2D eigenvalue weighted by atomic mass is 16.5. The minimum Gasteiger partial charge on any atom is -0.407 e. The van der Waals surface area contributed by atoms with Crippen LogP contribution in [-0.2, 0) is 9.59 Å². The highest BCUT2D eigenvalue weighted by molar-refractivity contribution is 5.82. The van der Waals surface area contributed by atoms with E-state index in [1.54, 1.807) is 24.4 Å². The molecule has 0 spiro atoms. The molecule has 106 valence electrons. The van der Waals surface area contributed by atoms with E-state index in [0.717, 1.165) is 6.42 Å². The summed E-state index contributed by atoms with van der Waals surface area (Å²) in [5.74, 6) is 0.598. The van der Waals surface area contributed by atoms with Gasteiger partial charge in [-0.2, -0.15) is 0 Å². The zero-order chi connectivity index (χ0) is 14.4. The highest BCUT2D eigenvalue weighted by Gasteiger charge is 2.33. The standard InChI is InChI=1S/C16H19NO3/c1-2-3-6-12-9-14(18)10-13(12)11-16(19)20-15-7-4-5-8-17-15/h2-5,7-8,12-13H,6,9-11H2,1H3/b3-2-. The monoisotopic (exact) mass is 273 g/mol. The second-order valence-corrected chi connectivity index (χ2v) is 5.12. The van der Waals surface area contributed by atoms with E-state index in [1.807, 2.05) is 13.0 Å². The molecule has 0 amide bonds. The van der Waals surface area contributed by atoms with Gasteiger partial charge in [0.1, 0.15) is 5.78 Å². The summed E-state index contributed by atoms with van der Waals surface area (Å²) in [7, 11) is 0. The molecule has 0 N–H and O–H groups in total. The Morgan fingerprint density at radius 2 is 2.20 bits per heavy atom. The van der Waals surface area contributed by atoms with Gasteiger partial charge in [-0.05, 0) is 31.2 Å². The van der Waals surface area contributed by atoms with Gasteiger partial charge in [-0.1, -0.05) is 18.2 Å². The van der Waals surface area contributed by atoms with Gasteiger partial charge in [-0.25, -0.2) is 4.98 Å². The van der Waals surface area contributed by atoms with Crippen molar-refractivity contribution >= 4 is 11.8 Å². The molecule has 2 rings (SSSR count). The number of hydrogen-bond donors (Lipinski definition) is 0. The molecule has 4 heteroatoms. The molecule has 1 aliphatic carbocycles. The molecular weight excluding hydrogens is 254 g/mol. The van der Waals surface area contributed by atoms with Crippen LogP contribution in [0, 0.1) is 11.8 Å². The normalized spacial score (nSPS) is 22.4. The number of allylic oxidation sites excluding steroid dienone is 2. The van der Waals surface area contributed by atoms with Crippen LogP contribution < -0.4 is 4.74 Å². The molecule has 1 aliphatic rings. The van der Waals surface area contributed by atoms with Crippen molar-refractivity contribution in [3.8, 4) is 5.88 Å². The van der Waals surface area contributed by atoms with Gasteiger partial charge in [-0.15, -0.1) is 0 Å². The molecule has 1 saturated carbocycles. The van der Waals surface area contributed by atoms with E-state index in [0.29, 0.717) is 18.7 Å². The van der Waals surface area contributed by atoms with Crippen molar-refractivity contribution in [1.82, 2.24) is 4.98 Å². The summed E-state index contributed by atoms with van der Waals surface area (Å²) < 4.78 is 5.18. The predicted octanol–water partition coefficient (Wildman–Crippen LogP) is 2.94. The fourth-order valence-electron chi connectivity index (χ4n) is 2.61. The van der Waals surface area contributed by atoms with Crippen LogP contribution in [0.4, 0.5) is 0 Å². The van der Waals surface area contributed by atoms with Crippen LogP contribution in [-0.4, -0.2) is 16.7 Å². The predicted molar refractivity (Wildman–Crippen MR) is 75.1 cm³/mol. The molecule has 0 radical (unpaired) electrons. The number of nitrogens with zero attached hydrogens (tertiary/aromatic N) is 1. The summed E-state index contributed by atoms with van der Waals surface area (Å²) in [6.07, 6.45) is 7.81. The summed E-state index contributed by atoms with van der Waals surface area (Å²) in [4.78, 5) is 27.4. The lowest BCUT2D eigenvalue weighted by Crippen LogP contribution is -2.17. The Morgan fingerprint density at radius 1 is 1.40 bits per heavy atom. The third-order valence-corrected chi connectivity index (χ3v) is 3.61. The molecule has 1 fully saturated rings. The van der Waals surface area contributed by atoms with E-state index in [1.165, 1.54) is 0 Å². The third kappa shape index (κ3) is 4.02. The van der Waals surface area contributed by atoms with E-state index in [-0.39, 0.29) is 30.0 Å². The Bertz CT molecular complexity index is 496. The van der Waals surface area contributed by atoms with Crippen LogP contribution in [0.1, 0.15) is 32.6 Å². The lowest BCUT2D eigenvalue weighted by Gasteiger charge is -2.15. The lowest BCUT2D eigenvalue weighted by atomic mass is 9.90. The van der Waals surface area contributed by atoms with Gasteiger partial charge in [0.05, 0.1) is 0 Å². The maximum absolute atomic E-state index is 11.9. The quantitative estimate of drug-likeness (QED) is 0.611. The number of hydrogen-bond acceptors (Lipinski definition) is 4. The van der Waals surface area contributed by atoms with Crippen LogP contribution in [0.15, 0.2) is 36.5 Å². The number of carbonyl (C=O) groups is 2. The molecule has 2 atom stereocenters. The Balaban J connectivity index is 1.90. The van der Waals surface area contributed by atoms with E-state index in [2.05, 4.69) is 11.1 Å². The van der Waals surface area contributed by atoms with Gasteiger partial charge in [0.25, 0.3) is 0 Å². The Kier molecular flexibility index (Phi) is 5.04. The summed E-state index contributed by atoms with van der Waals surface area (Å²) in [6.45, 7) is 1.96. The summed E-state index contributed by atoms with van der Waals surface area (Å²) in [6, 6.07) is 5.18. The Hall–Kier alpha value is -1.97. The fourth-order valence-corrected chi connectivity index (χ4v) is 2.61. The van der Waals surface area contributed by atoms with Crippen LogP contribution in [0.5, 0.6) is 5.88 Å². The SMILES string of the molecule is C/C=C\CC1CC(=O)CC1CC(=O)Oc1ccccn1. The highest BCUT2D eigenvalue weighted by Crippen LogP contribution is 2.34. The molecule has 0 saturated heterocycles. The number of pyridine rings is 1. The van der Waals surface area contributed by atoms with Crippen molar-refractivity contribution in [2.24, 2.45) is 11.8 Å². The number of ketones is 1. The fraction of sp³-hybridized carbons (Fsp3) is 0.438. The van der Waals surface area contributed by atoms with Crippen molar-refractivity contribution < 1.29 is 14.3 Å². The number of ether oxygens (including phenoxy) is 1. The molecular formula is C16H19NO3. The maximum Gasteiger partial charge on any atom is 0.312 e. The number of rotatable bonds is 5. The zero-order valence-electron chi connectivity index (χ0n) is 11.6. The zero-order valence-corrected chi connectivity index (χ0v) is 11.6. The van der Waals surface area contributed by atoms with E-state index >= 15 is 0 Å². The lowest BCUT2D eigenvalue weighted by molar-refractivity contribution is -0.136. The molecule has 0 aliphatic heterocycles. The molecule has 4 nitrogen and oxygen atoms in total. The second-order valence-electron chi connectivity index (χ2n) is 5.12. The smallest absolute Gasteiger partial charge is 0.312 e. The molecule has 1 heterocycles. The average Bonchev–Trinajstić information content (AvgIpc) is 2.77. The number of aromatic nitrogens is 1.